The third-order valence-electron chi connectivity index (χ3n) is 3.40. The molecule has 0 bridgehead atoms. The summed E-state index contributed by atoms with van der Waals surface area (Å²) in [5.74, 6) is 1.71. The van der Waals surface area contributed by atoms with Crippen LogP contribution in [0.15, 0.2) is 18.5 Å². The van der Waals surface area contributed by atoms with Crippen LogP contribution in [-0.2, 0) is 6.54 Å². The van der Waals surface area contributed by atoms with Crippen LogP contribution >= 0.6 is 0 Å². The van der Waals surface area contributed by atoms with Gasteiger partial charge in [-0.3, -0.25) is 4.90 Å². The average Bonchev–Trinajstić information content (AvgIpc) is 2.38. The van der Waals surface area contributed by atoms with Gasteiger partial charge in [0.1, 0.15) is 5.82 Å². The van der Waals surface area contributed by atoms with Crippen LogP contribution in [-0.4, -0.2) is 40.5 Å². The molecule has 1 atom stereocenters. The summed E-state index contributed by atoms with van der Waals surface area (Å²) in [7, 11) is 0. The standard InChI is InChI=1S/C14H24N4/c1-12(2)17-9-13-5-3-8-18(10-13)11-14-15-6-4-7-16-14/h4,6-7,12-13,17H,3,5,8-11H2,1-2H3. The van der Waals surface area contributed by atoms with E-state index in [9.17, 15) is 0 Å². The maximum atomic E-state index is 4.30. The maximum Gasteiger partial charge on any atom is 0.142 e. The maximum absolute atomic E-state index is 4.30. The lowest BCUT2D eigenvalue weighted by molar-refractivity contribution is 0.160. The molecule has 1 saturated heterocycles. The predicted molar refractivity (Wildman–Crippen MR) is 73.2 cm³/mol. The number of hydrogen-bond acceptors (Lipinski definition) is 4. The molecule has 2 heterocycles. The first kappa shape index (κ1) is 13.4. The van der Waals surface area contributed by atoms with E-state index >= 15 is 0 Å². The minimum Gasteiger partial charge on any atom is -0.314 e. The van der Waals surface area contributed by atoms with Crippen molar-refractivity contribution in [2.45, 2.75) is 39.3 Å². The van der Waals surface area contributed by atoms with Crippen molar-refractivity contribution in [3.8, 4) is 0 Å². The quantitative estimate of drug-likeness (QED) is 0.861. The number of nitrogens with one attached hydrogen (secondary N) is 1. The van der Waals surface area contributed by atoms with Gasteiger partial charge in [-0.2, -0.15) is 0 Å². The van der Waals surface area contributed by atoms with Crippen LogP contribution in [0, 0.1) is 5.92 Å². The monoisotopic (exact) mass is 248 g/mol. The van der Waals surface area contributed by atoms with Gasteiger partial charge in [-0.1, -0.05) is 13.8 Å². The molecule has 2 rings (SSSR count). The Morgan fingerprint density at radius 1 is 1.39 bits per heavy atom. The minimum absolute atomic E-state index is 0.581. The number of rotatable bonds is 5. The Labute approximate surface area is 110 Å². The molecule has 0 aromatic carbocycles. The number of nitrogens with zero attached hydrogens (tertiary/aromatic N) is 3. The van der Waals surface area contributed by atoms with Crippen LogP contribution in [0.2, 0.25) is 0 Å². The summed E-state index contributed by atoms with van der Waals surface area (Å²) in [5.41, 5.74) is 0. The highest BCUT2D eigenvalue weighted by atomic mass is 15.2. The summed E-state index contributed by atoms with van der Waals surface area (Å²) in [6.45, 7) is 8.77. The molecule has 0 spiro atoms. The third kappa shape index (κ3) is 4.35. The third-order valence-corrected chi connectivity index (χ3v) is 3.40. The van der Waals surface area contributed by atoms with Gasteiger partial charge in [0.05, 0.1) is 6.54 Å². The average molecular weight is 248 g/mol. The van der Waals surface area contributed by atoms with Gasteiger partial charge in [-0.25, -0.2) is 9.97 Å². The van der Waals surface area contributed by atoms with Crippen molar-refractivity contribution in [3.63, 3.8) is 0 Å². The molecular formula is C14H24N4. The van der Waals surface area contributed by atoms with Crippen LogP contribution in [0.3, 0.4) is 0 Å². The molecule has 4 heteroatoms. The van der Waals surface area contributed by atoms with Gasteiger partial charge in [-0.15, -0.1) is 0 Å². The molecule has 0 amide bonds. The lowest BCUT2D eigenvalue weighted by atomic mass is 9.98. The van der Waals surface area contributed by atoms with E-state index in [1.165, 1.54) is 19.4 Å². The van der Waals surface area contributed by atoms with Crippen molar-refractivity contribution in [3.05, 3.63) is 24.3 Å². The first-order valence-corrected chi connectivity index (χ1v) is 6.95. The highest BCUT2D eigenvalue weighted by Crippen LogP contribution is 2.17. The van der Waals surface area contributed by atoms with Crippen LogP contribution in [0.5, 0.6) is 0 Å². The van der Waals surface area contributed by atoms with E-state index in [0.29, 0.717) is 6.04 Å². The Morgan fingerprint density at radius 3 is 2.89 bits per heavy atom. The molecule has 1 aromatic rings. The van der Waals surface area contributed by atoms with Gasteiger partial charge >= 0.3 is 0 Å². The van der Waals surface area contributed by atoms with E-state index in [1.54, 1.807) is 0 Å². The smallest absolute Gasteiger partial charge is 0.142 e. The van der Waals surface area contributed by atoms with Gasteiger partial charge in [0.15, 0.2) is 0 Å². The first-order valence-electron chi connectivity index (χ1n) is 6.95. The fourth-order valence-electron chi connectivity index (χ4n) is 2.48. The Kier molecular flexibility index (Phi) is 5.08. The molecule has 1 aliphatic rings. The van der Waals surface area contributed by atoms with Crippen LogP contribution in [0.4, 0.5) is 0 Å². The fourth-order valence-corrected chi connectivity index (χ4v) is 2.48. The first-order chi connectivity index (χ1) is 8.74. The van der Waals surface area contributed by atoms with Crippen molar-refractivity contribution >= 4 is 0 Å². The lowest BCUT2D eigenvalue weighted by Gasteiger charge is -2.32. The highest BCUT2D eigenvalue weighted by molar-refractivity contribution is 4.89. The van der Waals surface area contributed by atoms with Crippen LogP contribution in [0.25, 0.3) is 0 Å². The van der Waals surface area contributed by atoms with Crippen molar-refractivity contribution in [1.82, 2.24) is 20.2 Å². The summed E-state index contributed by atoms with van der Waals surface area (Å²) in [4.78, 5) is 11.1. The molecule has 1 aromatic heterocycles. The van der Waals surface area contributed by atoms with Gasteiger partial charge in [-0.05, 0) is 37.9 Å². The van der Waals surface area contributed by atoms with Crippen LogP contribution in [0.1, 0.15) is 32.5 Å². The highest BCUT2D eigenvalue weighted by Gasteiger charge is 2.20. The molecule has 1 fully saturated rings. The van der Waals surface area contributed by atoms with Gasteiger partial charge in [0.2, 0.25) is 0 Å². The second-order valence-electron chi connectivity index (χ2n) is 5.47. The topological polar surface area (TPSA) is 41.0 Å². The number of piperidine rings is 1. The number of likely N-dealkylation sites (tertiary alicyclic amines) is 1. The molecule has 0 saturated carbocycles. The molecule has 1 unspecified atom stereocenters. The zero-order valence-electron chi connectivity index (χ0n) is 11.5. The van der Waals surface area contributed by atoms with Gasteiger partial charge in [0, 0.05) is 25.0 Å². The Bertz CT molecular complexity index is 339. The normalized spacial score (nSPS) is 21.4. The number of hydrogen-bond donors (Lipinski definition) is 1. The summed E-state index contributed by atoms with van der Waals surface area (Å²) in [6, 6.07) is 2.45. The summed E-state index contributed by atoms with van der Waals surface area (Å²) in [6.07, 6.45) is 6.28. The lowest BCUT2D eigenvalue weighted by Crippen LogP contribution is -2.40. The molecular weight excluding hydrogens is 224 g/mol. The Morgan fingerprint density at radius 2 is 2.17 bits per heavy atom. The fraction of sp³-hybridized carbons (Fsp3) is 0.714. The molecule has 100 valence electrons. The second-order valence-corrected chi connectivity index (χ2v) is 5.47. The zero-order chi connectivity index (χ0) is 12.8. The van der Waals surface area contributed by atoms with Crippen molar-refractivity contribution in [2.24, 2.45) is 5.92 Å². The largest absolute Gasteiger partial charge is 0.314 e. The van der Waals surface area contributed by atoms with Gasteiger partial charge in [0.25, 0.3) is 0 Å². The molecule has 4 nitrogen and oxygen atoms in total. The van der Waals surface area contributed by atoms with Crippen molar-refractivity contribution < 1.29 is 0 Å². The molecule has 18 heavy (non-hydrogen) atoms. The predicted octanol–water partition coefficient (Wildman–Crippen LogP) is 1.69. The Hall–Kier alpha value is -1.00. The van der Waals surface area contributed by atoms with Gasteiger partial charge < -0.3 is 5.32 Å². The molecule has 1 N–H and O–H groups in total. The zero-order valence-corrected chi connectivity index (χ0v) is 11.5. The molecule has 1 aliphatic heterocycles. The van der Waals surface area contributed by atoms with E-state index in [-0.39, 0.29) is 0 Å². The van der Waals surface area contributed by atoms with E-state index in [1.807, 2.05) is 18.5 Å². The summed E-state index contributed by atoms with van der Waals surface area (Å²) >= 11 is 0. The van der Waals surface area contributed by atoms with Crippen molar-refractivity contribution in [1.29, 1.82) is 0 Å². The van der Waals surface area contributed by atoms with E-state index in [4.69, 9.17) is 0 Å². The van der Waals surface area contributed by atoms with E-state index < -0.39 is 0 Å². The Balaban J connectivity index is 1.79. The van der Waals surface area contributed by atoms with Crippen molar-refractivity contribution in [2.75, 3.05) is 19.6 Å². The SMILES string of the molecule is CC(C)NCC1CCCN(Cc2ncccn2)C1. The molecule has 0 aliphatic carbocycles. The summed E-state index contributed by atoms with van der Waals surface area (Å²) in [5, 5.41) is 3.54. The molecule has 0 radical (unpaired) electrons. The van der Waals surface area contributed by atoms with E-state index in [0.717, 1.165) is 31.4 Å². The van der Waals surface area contributed by atoms with Crippen LogP contribution < -0.4 is 5.32 Å². The van der Waals surface area contributed by atoms with E-state index in [2.05, 4.69) is 34.0 Å². The summed E-state index contributed by atoms with van der Waals surface area (Å²) < 4.78 is 0. The minimum atomic E-state index is 0.581. The number of aromatic nitrogens is 2. The second kappa shape index (κ2) is 6.81.